The van der Waals surface area contributed by atoms with Crippen LogP contribution in [-0.2, 0) is 6.54 Å². The molecule has 0 unspecified atom stereocenters. The summed E-state index contributed by atoms with van der Waals surface area (Å²) in [6, 6.07) is 11.7. The first-order valence-electron chi connectivity index (χ1n) is 6.58. The van der Waals surface area contributed by atoms with Gasteiger partial charge in [-0.1, -0.05) is 17.7 Å². The third kappa shape index (κ3) is 3.40. The van der Waals surface area contributed by atoms with E-state index in [1.54, 1.807) is 17.5 Å². The molecule has 3 nitrogen and oxygen atoms in total. The number of thiazole rings is 1. The molecule has 1 N–H and O–H groups in total. The Labute approximate surface area is 132 Å². The van der Waals surface area contributed by atoms with Gasteiger partial charge in [0, 0.05) is 22.3 Å². The molecule has 2 heterocycles. The summed E-state index contributed by atoms with van der Waals surface area (Å²) in [5, 5.41) is 7.14. The normalized spacial score (nSPS) is 10.6. The summed E-state index contributed by atoms with van der Waals surface area (Å²) < 4.78 is 0. The van der Waals surface area contributed by atoms with E-state index >= 15 is 0 Å². The second-order valence-electron chi connectivity index (χ2n) is 4.67. The molecule has 3 rings (SSSR count). The minimum atomic E-state index is 0.686. The predicted molar refractivity (Wildman–Crippen MR) is 88.9 cm³/mol. The Hall–Kier alpha value is -1.91. The van der Waals surface area contributed by atoms with Crippen LogP contribution in [-0.4, -0.2) is 9.97 Å². The van der Waals surface area contributed by atoms with Gasteiger partial charge in [-0.3, -0.25) is 4.98 Å². The van der Waals surface area contributed by atoms with Crippen molar-refractivity contribution in [1.29, 1.82) is 0 Å². The van der Waals surface area contributed by atoms with Crippen molar-refractivity contribution in [2.24, 2.45) is 0 Å². The molecule has 0 saturated heterocycles. The van der Waals surface area contributed by atoms with E-state index in [0.717, 1.165) is 32.7 Å². The Morgan fingerprint density at radius 1 is 1.24 bits per heavy atom. The lowest BCUT2D eigenvalue weighted by Gasteiger charge is -2.08. The van der Waals surface area contributed by atoms with E-state index in [0.29, 0.717) is 6.54 Å². The number of rotatable bonds is 4. The standard InChI is InChI=1S/C16H14ClN3S/c1-11-8-12(17)5-6-14(11)19-9-13-10-21-16(20-13)15-4-2-3-7-18-15/h2-8,10,19H,9H2,1H3. The molecular formula is C16H14ClN3S. The minimum absolute atomic E-state index is 0.686. The zero-order valence-electron chi connectivity index (χ0n) is 11.5. The van der Waals surface area contributed by atoms with Crippen LogP contribution in [0.4, 0.5) is 5.69 Å². The molecule has 0 fully saturated rings. The zero-order valence-corrected chi connectivity index (χ0v) is 13.1. The molecule has 0 amide bonds. The fourth-order valence-corrected chi connectivity index (χ4v) is 3.03. The van der Waals surface area contributed by atoms with Crippen molar-refractivity contribution in [1.82, 2.24) is 9.97 Å². The molecule has 0 spiro atoms. The molecule has 5 heteroatoms. The van der Waals surface area contributed by atoms with Crippen LogP contribution in [0.2, 0.25) is 5.02 Å². The summed E-state index contributed by atoms with van der Waals surface area (Å²) in [7, 11) is 0. The van der Waals surface area contributed by atoms with Gasteiger partial charge in [-0.2, -0.15) is 0 Å². The third-order valence-electron chi connectivity index (χ3n) is 3.08. The van der Waals surface area contributed by atoms with Crippen LogP contribution >= 0.6 is 22.9 Å². The van der Waals surface area contributed by atoms with Gasteiger partial charge in [-0.25, -0.2) is 4.98 Å². The van der Waals surface area contributed by atoms with Gasteiger partial charge >= 0.3 is 0 Å². The molecule has 21 heavy (non-hydrogen) atoms. The second-order valence-corrected chi connectivity index (χ2v) is 5.97. The number of nitrogens with one attached hydrogen (secondary N) is 1. The first kappa shape index (κ1) is 14.0. The van der Waals surface area contributed by atoms with E-state index in [1.165, 1.54) is 0 Å². The highest BCUT2D eigenvalue weighted by Crippen LogP contribution is 2.23. The van der Waals surface area contributed by atoms with Gasteiger partial charge in [0.1, 0.15) is 5.01 Å². The first-order valence-corrected chi connectivity index (χ1v) is 7.84. The first-order chi connectivity index (χ1) is 10.2. The van der Waals surface area contributed by atoms with Crippen molar-refractivity contribution >= 4 is 28.6 Å². The molecule has 2 aromatic heterocycles. The number of hydrogen-bond acceptors (Lipinski definition) is 4. The van der Waals surface area contributed by atoms with Crippen molar-refractivity contribution in [3.63, 3.8) is 0 Å². The minimum Gasteiger partial charge on any atom is -0.379 e. The highest BCUT2D eigenvalue weighted by molar-refractivity contribution is 7.13. The smallest absolute Gasteiger partial charge is 0.142 e. The van der Waals surface area contributed by atoms with E-state index in [-0.39, 0.29) is 0 Å². The van der Waals surface area contributed by atoms with Gasteiger partial charge in [-0.15, -0.1) is 11.3 Å². The number of halogens is 1. The van der Waals surface area contributed by atoms with Crippen LogP contribution in [0.5, 0.6) is 0 Å². The number of aromatic nitrogens is 2. The van der Waals surface area contributed by atoms with Gasteiger partial charge in [0.2, 0.25) is 0 Å². The van der Waals surface area contributed by atoms with Crippen molar-refractivity contribution in [2.75, 3.05) is 5.32 Å². The molecule has 3 aromatic rings. The Morgan fingerprint density at radius 2 is 2.14 bits per heavy atom. The second kappa shape index (κ2) is 6.24. The van der Waals surface area contributed by atoms with Crippen molar-refractivity contribution < 1.29 is 0 Å². The Morgan fingerprint density at radius 3 is 2.90 bits per heavy atom. The van der Waals surface area contributed by atoms with E-state index in [1.807, 2.05) is 43.3 Å². The van der Waals surface area contributed by atoms with E-state index in [2.05, 4.69) is 20.7 Å². The summed E-state index contributed by atoms with van der Waals surface area (Å²) in [6.45, 7) is 2.72. The van der Waals surface area contributed by atoms with Crippen LogP contribution in [0.3, 0.4) is 0 Å². The number of hydrogen-bond donors (Lipinski definition) is 1. The van der Waals surface area contributed by atoms with Gasteiger partial charge in [-0.05, 0) is 42.8 Å². The Balaban J connectivity index is 1.70. The van der Waals surface area contributed by atoms with Crippen LogP contribution in [0.1, 0.15) is 11.3 Å². The fourth-order valence-electron chi connectivity index (χ4n) is 2.01. The molecule has 1 aromatic carbocycles. The molecule has 0 aliphatic carbocycles. The monoisotopic (exact) mass is 315 g/mol. The van der Waals surface area contributed by atoms with E-state index in [9.17, 15) is 0 Å². The highest BCUT2D eigenvalue weighted by atomic mass is 35.5. The van der Waals surface area contributed by atoms with Crippen molar-refractivity contribution in [3.05, 3.63) is 64.3 Å². The molecule has 106 valence electrons. The maximum Gasteiger partial charge on any atom is 0.142 e. The van der Waals surface area contributed by atoms with E-state index in [4.69, 9.17) is 11.6 Å². The van der Waals surface area contributed by atoms with E-state index < -0.39 is 0 Å². The Kier molecular flexibility index (Phi) is 4.18. The largest absolute Gasteiger partial charge is 0.379 e. The van der Waals surface area contributed by atoms with Gasteiger partial charge in [0.05, 0.1) is 17.9 Å². The molecule has 0 radical (unpaired) electrons. The number of pyridine rings is 1. The molecular weight excluding hydrogens is 302 g/mol. The number of aryl methyl sites for hydroxylation is 1. The summed E-state index contributed by atoms with van der Waals surface area (Å²) in [6.07, 6.45) is 1.78. The van der Waals surface area contributed by atoms with Crippen LogP contribution < -0.4 is 5.32 Å². The highest BCUT2D eigenvalue weighted by Gasteiger charge is 2.06. The summed E-state index contributed by atoms with van der Waals surface area (Å²) in [5.41, 5.74) is 4.13. The topological polar surface area (TPSA) is 37.8 Å². The molecule has 0 bridgehead atoms. The van der Waals surface area contributed by atoms with Crippen LogP contribution in [0.25, 0.3) is 10.7 Å². The summed E-state index contributed by atoms with van der Waals surface area (Å²) in [5.74, 6) is 0. The maximum atomic E-state index is 5.96. The fraction of sp³-hybridized carbons (Fsp3) is 0.125. The average Bonchev–Trinajstić information content (AvgIpc) is 2.96. The summed E-state index contributed by atoms with van der Waals surface area (Å²) >= 11 is 7.57. The third-order valence-corrected chi connectivity index (χ3v) is 4.23. The Bertz CT molecular complexity index is 740. The van der Waals surface area contributed by atoms with Gasteiger partial charge in [0.25, 0.3) is 0 Å². The number of benzene rings is 1. The predicted octanol–water partition coefficient (Wildman–Crippen LogP) is 4.78. The zero-order chi connectivity index (χ0) is 14.7. The lowest BCUT2D eigenvalue weighted by atomic mass is 10.2. The van der Waals surface area contributed by atoms with Crippen molar-refractivity contribution in [3.8, 4) is 10.7 Å². The number of nitrogens with zero attached hydrogens (tertiary/aromatic N) is 2. The van der Waals surface area contributed by atoms with Gasteiger partial charge < -0.3 is 5.32 Å². The molecule has 0 atom stereocenters. The lowest BCUT2D eigenvalue weighted by Crippen LogP contribution is -2.01. The summed E-state index contributed by atoms with van der Waals surface area (Å²) in [4.78, 5) is 8.93. The van der Waals surface area contributed by atoms with Crippen LogP contribution in [0, 0.1) is 6.92 Å². The quantitative estimate of drug-likeness (QED) is 0.753. The molecule has 0 saturated carbocycles. The molecule has 0 aliphatic rings. The molecule has 0 aliphatic heterocycles. The maximum absolute atomic E-state index is 5.96. The van der Waals surface area contributed by atoms with Crippen molar-refractivity contribution in [2.45, 2.75) is 13.5 Å². The van der Waals surface area contributed by atoms with Gasteiger partial charge in [0.15, 0.2) is 0 Å². The average molecular weight is 316 g/mol. The lowest BCUT2D eigenvalue weighted by molar-refractivity contribution is 1.07. The number of anilines is 1. The van der Waals surface area contributed by atoms with Crippen LogP contribution in [0.15, 0.2) is 48.0 Å². The SMILES string of the molecule is Cc1cc(Cl)ccc1NCc1csc(-c2ccccn2)n1.